The predicted molar refractivity (Wildman–Crippen MR) is 75.2 cm³/mol. The summed E-state index contributed by atoms with van der Waals surface area (Å²) in [6.07, 6.45) is 5.01. The number of methoxy groups -OCH3 is 1. The van der Waals surface area contributed by atoms with Crippen LogP contribution in [0.5, 0.6) is 0 Å². The molecule has 0 saturated heterocycles. The molecule has 5 nitrogen and oxygen atoms in total. The van der Waals surface area contributed by atoms with E-state index in [2.05, 4.69) is 21.7 Å². The minimum atomic E-state index is 0.515. The number of thioether (sulfide) groups is 1. The zero-order chi connectivity index (χ0) is 12.8. The van der Waals surface area contributed by atoms with Gasteiger partial charge in [-0.3, -0.25) is 0 Å². The van der Waals surface area contributed by atoms with Gasteiger partial charge in [-0.05, 0) is 18.4 Å². The van der Waals surface area contributed by atoms with Gasteiger partial charge in [-0.1, -0.05) is 0 Å². The lowest BCUT2D eigenvalue weighted by molar-refractivity contribution is 0.181. The van der Waals surface area contributed by atoms with Gasteiger partial charge in [0, 0.05) is 25.8 Å². The molecule has 0 unspecified atom stereocenters. The van der Waals surface area contributed by atoms with Crippen LogP contribution in [0.15, 0.2) is 18.3 Å². The minimum absolute atomic E-state index is 0.515. The molecular weight excluding hydrogens is 248 g/mol. The molecule has 0 amide bonds. The van der Waals surface area contributed by atoms with E-state index < -0.39 is 0 Å². The third kappa shape index (κ3) is 3.14. The van der Waals surface area contributed by atoms with Crippen LogP contribution in [0.25, 0.3) is 5.65 Å². The first kappa shape index (κ1) is 13.2. The molecule has 0 spiro atoms. The SMILES string of the molecule is COCc1cc(NCCCSC)n2nccc2n1. The van der Waals surface area contributed by atoms with Gasteiger partial charge in [0.1, 0.15) is 5.82 Å². The molecule has 0 aliphatic carbocycles. The summed E-state index contributed by atoms with van der Waals surface area (Å²) in [5.74, 6) is 2.13. The number of rotatable bonds is 7. The van der Waals surface area contributed by atoms with Crippen molar-refractivity contribution in [1.82, 2.24) is 14.6 Å². The average Bonchev–Trinajstić information content (AvgIpc) is 2.83. The standard InChI is InChI=1S/C12H18N4OS/c1-17-9-10-8-12(13-5-3-7-18-2)16-11(15-10)4-6-14-16/h4,6,8,13H,3,5,7,9H2,1-2H3. The summed E-state index contributed by atoms with van der Waals surface area (Å²) in [6.45, 7) is 1.45. The summed E-state index contributed by atoms with van der Waals surface area (Å²) in [6, 6.07) is 3.88. The van der Waals surface area contributed by atoms with Crippen LogP contribution >= 0.6 is 11.8 Å². The quantitative estimate of drug-likeness (QED) is 0.777. The summed E-state index contributed by atoms with van der Waals surface area (Å²) in [4.78, 5) is 4.46. The van der Waals surface area contributed by atoms with Gasteiger partial charge >= 0.3 is 0 Å². The second kappa shape index (κ2) is 6.61. The fraction of sp³-hybridized carbons (Fsp3) is 0.500. The normalized spacial score (nSPS) is 11.0. The molecule has 0 fully saturated rings. The Kier molecular flexibility index (Phi) is 4.83. The molecule has 6 heteroatoms. The Balaban J connectivity index is 2.15. The number of nitrogens with one attached hydrogen (secondary N) is 1. The van der Waals surface area contributed by atoms with Crippen molar-refractivity contribution in [2.75, 3.05) is 31.0 Å². The van der Waals surface area contributed by atoms with Gasteiger partial charge in [0.25, 0.3) is 0 Å². The molecule has 0 aromatic carbocycles. The molecule has 18 heavy (non-hydrogen) atoms. The van der Waals surface area contributed by atoms with Gasteiger partial charge < -0.3 is 10.1 Å². The highest BCUT2D eigenvalue weighted by molar-refractivity contribution is 7.98. The largest absolute Gasteiger partial charge is 0.378 e. The highest BCUT2D eigenvalue weighted by atomic mass is 32.2. The Hall–Kier alpha value is -1.27. The summed E-state index contributed by atoms with van der Waals surface area (Å²) in [5.41, 5.74) is 1.76. The maximum absolute atomic E-state index is 5.13. The summed E-state index contributed by atoms with van der Waals surface area (Å²) in [5, 5.41) is 7.66. The van der Waals surface area contributed by atoms with Gasteiger partial charge in [-0.2, -0.15) is 21.4 Å². The van der Waals surface area contributed by atoms with Crippen LogP contribution in [-0.2, 0) is 11.3 Å². The highest BCUT2D eigenvalue weighted by Crippen LogP contribution is 2.13. The van der Waals surface area contributed by atoms with Gasteiger partial charge in [0.2, 0.25) is 0 Å². The molecule has 0 aliphatic heterocycles. The molecule has 1 N–H and O–H groups in total. The topological polar surface area (TPSA) is 51.5 Å². The van der Waals surface area contributed by atoms with Crippen molar-refractivity contribution in [3.8, 4) is 0 Å². The van der Waals surface area contributed by atoms with Crippen molar-refractivity contribution in [2.24, 2.45) is 0 Å². The van der Waals surface area contributed by atoms with Crippen molar-refractivity contribution >= 4 is 23.2 Å². The van der Waals surface area contributed by atoms with Crippen LogP contribution in [0.2, 0.25) is 0 Å². The van der Waals surface area contributed by atoms with E-state index in [-0.39, 0.29) is 0 Å². The molecule has 0 radical (unpaired) electrons. The maximum Gasteiger partial charge on any atom is 0.157 e. The zero-order valence-electron chi connectivity index (χ0n) is 10.7. The van der Waals surface area contributed by atoms with Crippen LogP contribution in [0.3, 0.4) is 0 Å². The first-order valence-corrected chi connectivity index (χ1v) is 7.30. The Morgan fingerprint density at radius 3 is 3.17 bits per heavy atom. The number of hydrogen-bond donors (Lipinski definition) is 1. The number of anilines is 1. The highest BCUT2D eigenvalue weighted by Gasteiger charge is 2.05. The van der Waals surface area contributed by atoms with Crippen LogP contribution < -0.4 is 5.32 Å². The molecule has 98 valence electrons. The van der Waals surface area contributed by atoms with E-state index in [9.17, 15) is 0 Å². The van der Waals surface area contributed by atoms with Crippen LogP contribution in [-0.4, -0.2) is 40.3 Å². The van der Waals surface area contributed by atoms with Crippen molar-refractivity contribution < 1.29 is 4.74 Å². The predicted octanol–water partition coefficient (Wildman–Crippen LogP) is 2.04. The van der Waals surface area contributed by atoms with Crippen LogP contribution in [0.4, 0.5) is 5.82 Å². The zero-order valence-corrected chi connectivity index (χ0v) is 11.5. The van der Waals surface area contributed by atoms with Crippen molar-refractivity contribution in [1.29, 1.82) is 0 Å². The molecule has 2 aromatic heterocycles. The summed E-state index contributed by atoms with van der Waals surface area (Å²) < 4.78 is 6.95. The van der Waals surface area contributed by atoms with Gasteiger partial charge in [0.15, 0.2) is 5.65 Å². The van der Waals surface area contributed by atoms with E-state index in [1.165, 1.54) is 0 Å². The fourth-order valence-corrected chi connectivity index (χ4v) is 2.18. The van der Waals surface area contributed by atoms with Crippen molar-refractivity contribution in [2.45, 2.75) is 13.0 Å². The number of hydrogen-bond acceptors (Lipinski definition) is 5. The second-order valence-corrected chi connectivity index (χ2v) is 4.93. The second-order valence-electron chi connectivity index (χ2n) is 3.94. The molecule has 2 rings (SSSR count). The first-order valence-electron chi connectivity index (χ1n) is 5.90. The van der Waals surface area contributed by atoms with E-state index >= 15 is 0 Å². The lowest BCUT2D eigenvalue weighted by Gasteiger charge is -2.09. The molecule has 0 saturated carbocycles. The molecular formula is C12H18N4OS. The lowest BCUT2D eigenvalue weighted by atomic mass is 10.4. The van der Waals surface area contributed by atoms with Crippen LogP contribution in [0.1, 0.15) is 12.1 Å². The van der Waals surface area contributed by atoms with Gasteiger partial charge in [0.05, 0.1) is 18.5 Å². The van der Waals surface area contributed by atoms with Gasteiger partial charge in [-0.25, -0.2) is 4.98 Å². The number of aromatic nitrogens is 3. The lowest BCUT2D eigenvalue weighted by Crippen LogP contribution is -2.09. The number of ether oxygens (including phenoxy) is 1. The van der Waals surface area contributed by atoms with E-state index in [1.54, 1.807) is 13.3 Å². The summed E-state index contributed by atoms with van der Waals surface area (Å²) >= 11 is 1.86. The van der Waals surface area contributed by atoms with E-state index in [0.29, 0.717) is 6.61 Å². The number of nitrogens with zero attached hydrogens (tertiary/aromatic N) is 3. The summed E-state index contributed by atoms with van der Waals surface area (Å²) in [7, 11) is 1.67. The Morgan fingerprint density at radius 2 is 2.39 bits per heavy atom. The molecule has 0 aliphatic rings. The number of fused-ring (bicyclic) bond motifs is 1. The maximum atomic E-state index is 5.13. The smallest absolute Gasteiger partial charge is 0.157 e. The molecule has 0 bridgehead atoms. The third-order valence-corrected chi connectivity index (χ3v) is 3.23. The molecule has 0 atom stereocenters. The van der Waals surface area contributed by atoms with Crippen LogP contribution in [0, 0.1) is 0 Å². The third-order valence-electron chi connectivity index (χ3n) is 2.54. The Morgan fingerprint density at radius 1 is 1.50 bits per heavy atom. The first-order chi connectivity index (χ1) is 8.85. The van der Waals surface area contributed by atoms with E-state index in [1.807, 2.05) is 28.4 Å². The van der Waals surface area contributed by atoms with E-state index in [4.69, 9.17) is 4.74 Å². The fourth-order valence-electron chi connectivity index (χ4n) is 1.75. The van der Waals surface area contributed by atoms with Crippen molar-refractivity contribution in [3.63, 3.8) is 0 Å². The van der Waals surface area contributed by atoms with E-state index in [0.717, 1.165) is 35.9 Å². The Labute approximate surface area is 111 Å². The van der Waals surface area contributed by atoms with Gasteiger partial charge in [-0.15, -0.1) is 0 Å². The average molecular weight is 266 g/mol. The van der Waals surface area contributed by atoms with Crippen molar-refractivity contribution in [3.05, 3.63) is 24.0 Å². The Bertz CT molecular complexity index is 500. The monoisotopic (exact) mass is 266 g/mol. The molecule has 2 aromatic rings. The minimum Gasteiger partial charge on any atom is -0.378 e. The molecule has 2 heterocycles.